The monoisotopic (exact) mass is 324 g/mol. The first-order chi connectivity index (χ1) is 10.9. The van der Waals surface area contributed by atoms with E-state index in [0.717, 1.165) is 0 Å². The number of fused-ring (bicyclic) bond motifs is 1. The summed E-state index contributed by atoms with van der Waals surface area (Å²) < 4.78 is 6.99. The Kier molecular flexibility index (Phi) is 4.48. The van der Waals surface area contributed by atoms with Gasteiger partial charge in [0.15, 0.2) is 0 Å². The first kappa shape index (κ1) is 16.5. The summed E-state index contributed by atoms with van der Waals surface area (Å²) in [6.45, 7) is 9.34. The molecule has 2 heteroatoms. The van der Waals surface area contributed by atoms with Gasteiger partial charge in [-0.25, -0.2) is 0 Å². The summed E-state index contributed by atoms with van der Waals surface area (Å²) >= 11 is 0. The van der Waals surface area contributed by atoms with E-state index in [0.29, 0.717) is 0 Å². The SMILES string of the molecule is C[C@H](O[Si@@]1(C(C)(C)C)CCCc2ccccc21)c1ccccc1. The second kappa shape index (κ2) is 6.25. The smallest absolute Gasteiger partial charge is 0.230 e. The Labute approximate surface area is 141 Å². The van der Waals surface area contributed by atoms with Crippen molar-refractivity contribution in [1.82, 2.24) is 0 Å². The van der Waals surface area contributed by atoms with Gasteiger partial charge in [-0.05, 0) is 47.2 Å². The van der Waals surface area contributed by atoms with Crippen molar-refractivity contribution in [3.05, 3.63) is 65.7 Å². The number of hydrogen-bond donors (Lipinski definition) is 0. The first-order valence-corrected chi connectivity index (χ1v) is 10.9. The van der Waals surface area contributed by atoms with E-state index in [1.807, 2.05) is 0 Å². The molecule has 2 atom stereocenters. The van der Waals surface area contributed by atoms with Gasteiger partial charge in [0.1, 0.15) is 0 Å². The molecule has 3 rings (SSSR count). The van der Waals surface area contributed by atoms with Crippen LogP contribution < -0.4 is 5.19 Å². The molecular weight excluding hydrogens is 296 g/mol. The maximum absolute atomic E-state index is 6.99. The minimum Gasteiger partial charge on any atom is -0.405 e. The fraction of sp³-hybridized carbons (Fsp3) is 0.429. The maximum Gasteiger partial charge on any atom is 0.230 e. The van der Waals surface area contributed by atoms with Gasteiger partial charge < -0.3 is 4.43 Å². The molecule has 0 spiro atoms. The quantitative estimate of drug-likeness (QED) is 0.690. The lowest BCUT2D eigenvalue weighted by Gasteiger charge is -2.47. The van der Waals surface area contributed by atoms with Crippen molar-refractivity contribution in [3.8, 4) is 0 Å². The topological polar surface area (TPSA) is 9.23 Å². The molecule has 122 valence electrons. The zero-order chi connectivity index (χ0) is 16.5. The van der Waals surface area contributed by atoms with Crippen LogP contribution in [0.1, 0.15) is 51.3 Å². The maximum atomic E-state index is 6.99. The predicted octanol–water partition coefficient (Wildman–Crippen LogP) is 5.36. The van der Waals surface area contributed by atoms with Gasteiger partial charge in [0.05, 0.1) is 6.10 Å². The van der Waals surface area contributed by atoms with Gasteiger partial charge >= 0.3 is 0 Å². The molecule has 0 unspecified atom stereocenters. The van der Waals surface area contributed by atoms with Crippen LogP contribution in [0.25, 0.3) is 0 Å². The molecule has 0 amide bonds. The van der Waals surface area contributed by atoms with Crippen LogP contribution in [-0.2, 0) is 10.8 Å². The minimum atomic E-state index is -2.05. The molecular formula is C21H28OSi. The first-order valence-electron chi connectivity index (χ1n) is 8.75. The highest BCUT2D eigenvalue weighted by Gasteiger charge is 2.51. The molecule has 0 bridgehead atoms. The Balaban J connectivity index is 2.03. The Morgan fingerprint density at radius 3 is 2.30 bits per heavy atom. The van der Waals surface area contributed by atoms with Gasteiger partial charge in [0.2, 0.25) is 8.32 Å². The van der Waals surface area contributed by atoms with Crippen molar-refractivity contribution in [2.45, 2.75) is 57.7 Å². The predicted molar refractivity (Wildman–Crippen MR) is 101 cm³/mol. The number of benzene rings is 2. The number of hydrogen-bond acceptors (Lipinski definition) is 1. The van der Waals surface area contributed by atoms with Crippen molar-refractivity contribution >= 4 is 13.5 Å². The summed E-state index contributed by atoms with van der Waals surface area (Å²) in [6, 6.07) is 20.9. The summed E-state index contributed by atoms with van der Waals surface area (Å²) in [4.78, 5) is 0. The van der Waals surface area contributed by atoms with Crippen LogP contribution in [-0.4, -0.2) is 8.32 Å². The summed E-state index contributed by atoms with van der Waals surface area (Å²) in [5.41, 5.74) is 2.80. The molecule has 23 heavy (non-hydrogen) atoms. The third-order valence-corrected chi connectivity index (χ3v) is 10.9. The Morgan fingerprint density at radius 1 is 0.957 bits per heavy atom. The van der Waals surface area contributed by atoms with Crippen molar-refractivity contribution < 1.29 is 4.43 Å². The number of rotatable bonds is 3. The second-order valence-electron chi connectivity index (χ2n) is 7.76. The van der Waals surface area contributed by atoms with E-state index in [2.05, 4.69) is 82.3 Å². The molecule has 0 N–H and O–H groups in total. The van der Waals surface area contributed by atoms with E-state index in [-0.39, 0.29) is 11.1 Å². The highest BCUT2D eigenvalue weighted by Crippen LogP contribution is 2.45. The van der Waals surface area contributed by atoms with Crippen molar-refractivity contribution in [3.63, 3.8) is 0 Å². The highest BCUT2D eigenvalue weighted by molar-refractivity contribution is 6.89. The van der Waals surface area contributed by atoms with Gasteiger partial charge in [-0.2, -0.15) is 0 Å². The third-order valence-electron chi connectivity index (χ3n) is 5.29. The molecule has 2 aromatic rings. The lowest BCUT2D eigenvalue weighted by molar-refractivity contribution is 0.201. The summed E-state index contributed by atoms with van der Waals surface area (Å²) in [6.07, 6.45) is 2.60. The Hall–Kier alpha value is -1.38. The van der Waals surface area contributed by atoms with Gasteiger partial charge in [0.25, 0.3) is 0 Å². The number of aryl methyl sites for hydroxylation is 1. The van der Waals surface area contributed by atoms with Crippen molar-refractivity contribution in [2.75, 3.05) is 0 Å². The summed E-state index contributed by atoms with van der Waals surface area (Å²) in [5, 5.41) is 1.72. The molecule has 1 aliphatic heterocycles. The molecule has 0 fully saturated rings. The van der Waals surface area contributed by atoms with Crippen molar-refractivity contribution in [1.29, 1.82) is 0 Å². The van der Waals surface area contributed by atoms with Crippen LogP contribution in [0.2, 0.25) is 11.1 Å². The largest absolute Gasteiger partial charge is 0.405 e. The van der Waals surface area contributed by atoms with E-state index >= 15 is 0 Å². The normalized spacial score (nSPS) is 22.4. The molecule has 0 aliphatic carbocycles. The van der Waals surface area contributed by atoms with Crippen LogP contribution in [0.4, 0.5) is 0 Å². The zero-order valence-electron chi connectivity index (χ0n) is 14.8. The summed E-state index contributed by atoms with van der Waals surface area (Å²) in [7, 11) is -2.05. The Morgan fingerprint density at radius 2 is 1.61 bits per heavy atom. The molecule has 1 nitrogen and oxygen atoms in total. The van der Waals surface area contributed by atoms with E-state index in [4.69, 9.17) is 4.43 Å². The minimum absolute atomic E-state index is 0.147. The lowest BCUT2D eigenvalue weighted by Crippen LogP contribution is -2.60. The molecule has 0 saturated heterocycles. The van der Waals surface area contributed by atoms with Gasteiger partial charge in [0, 0.05) is 0 Å². The summed E-state index contributed by atoms with van der Waals surface area (Å²) in [5.74, 6) is 0. The van der Waals surface area contributed by atoms with Crippen LogP contribution in [0, 0.1) is 0 Å². The van der Waals surface area contributed by atoms with Crippen LogP contribution in [0.5, 0.6) is 0 Å². The van der Waals surface area contributed by atoms with E-state index in [1.165, 1.54) is 35.2 Å². The molecule has 0 saturated carbocycles. The van der Waals surface area contributed by atoms with E-state index < -0.39 is 8.32 Å². The fourth-order valence-corrected chi connectivity index (χ4v) is 8.90. The van der Waals surface area contributed by atoms with Gasteiger partial charge in [-0.1, -0.05) is 75.4 Å². The molecule has 2 aromatic carbocycles. The average molecular weight is 325 g/mol. The fourth-order valence-electron chi connectivity index (χ4n) is 3.97. The van der Waals surface area contributed by atoms with Crippen molar-refractivity contribution in [2.24, 2.45) is 0 Å². The zero-order valence-corrected chi connectivity index (χ0v) is 15.8. The Bertz CT molecular complexity index is 659. The standard InChI is InChI=1S/C21H28OSi/c1-17(18-11-6-5-7-12-18)22-23(21(2,3)4)16-10-14-19-13-8-9-15-20(19)23/h5-9,11-13,15,17H,10,14,16H2,1-4H3/t17-,23-/m0/s1. The average Bonchev–Trinajstić information content (AvgIpc) is 2.55. The highest BCUT2D eigenvalue weighted by atomic mass is 28.4. The molecule has 0 radical (unpaired) electrons. The van der Waals surface area contributed by atoms with Crippen LogP contribution >= 0.6 is 0 Å². The van der Waals surface area contributed by atoms with Gasteiger partial charge in [-0.3, -0.25) is 0 Å². The van der Waals surface area contributed by atoms with Crippen LogP contribution in [0.3, 0.4) is 0 Å². The van der Waals surface area contributed by atoms with Gasteiger partial charge in [-0.15, -0.1) is 0 Å². The lowest BCUT2D eigenvalue weighted by atomic mass is 10.1. The van der Waals surface area contributed by atoms with E-state index in [9.17, 15) is 0 Å². The van der Waals surface area contributed by atoms with E-state index in [1.54, 1.807) is 0 Å². The molecule has 1 heterocycles. The molecule has 1 aliphatic rings. The van der Waals surface area contributed by atoms with Crippen LogP contribution in [0.15, 0.2) is 54.6 Å². The third kappa shape index (κ3) is 3.02. The molecule has 0 aromatic heterocycles. The second-order valence-corrected chi connectivity index (χ2v) is 12.2.